The first-order valence-corrected chi connectivity index (χ1v) is 14.2. The Kier molecular flexibility index (Phi) is 7.52. The van der Waals surface area contributed by atoms with E-state index in [1.807, 2.05) is 23.1 Å². The van der Waals surface area contributed by atoms with Crippen molar-refractivity contribution >= 4 is 33.9 Å². The lowest BCUT2D eigenvalue weighted by molar-refractivity contribution is -0.384. The number of non-ortho nitro benzene ring substituents is 1. The van der Waals surface area contributed by atoms with Gasteiger partial charge in [0.1, 0.15) is 0 Å². The van der Waals surface area contributed by atoms with Gasteiger partial charge in [0.25, 0.3) is 5.69 Å². The lowest BCUT2D eigenvalue weighted by atomic mass is 9.97. The molecule has 3 heterocycles. The Balaban J connectivity index is 1.35. The van der Waals surface area contributed by atoms with Gasteiger partial charge in [0.05, 0.1) is 21.9 Å². The topological polar surface area (TPSA) is 124 Å². The fourth-order valence-corrected chi connectivity index (χ4v) is 5.85. The number of benzene rings is 3. The summed E-state index contributed by atoms with van der Waals surface area (Å²) < 4.78 is 0. The zero-order valence-corrected chi connectivity index (χ0v) is 22.9. The highest BCUT2D eigenvalue weighted by atomic mass is 16.6. The molecule has 4 aromatic rings. The van der Waals surface area contributed by atoms with Crippen LogP contribution in [0.25, 0.3) is 10.9 Å². The number of nitrogens with zero attached hydrogens (tertiary/aromatic N) is 3. The molecular weight excluding hydrogens is 518 g/mol. The minimum atomic E-state index is -0.437. The fourth-order valence-electron chi connectivity index (χ4n) is 5.85. The molecule has 0 spiro atoms. The maximum atomic E-state index is 12.1. The number of aromatic nitrogens is 1. The summed E-state index contributed by atoms with van der Waals surface area (Å²) in [5.41, 5.74) is 6.70. The van der Waals surface area contributed by atoms with Gasteiger partial charge in [-0.05, 0) is 73.5 Å². The van der Waals surface area contributed by atoms with Gasteiger partial charge in [0.2, 0.25) is 5.91 Å². The van der Waals surface area contributed by atoms with E-state index in [2.05, 4.69) is 34.6 Å². The summed E-state index contributed by atoms with van der Waals surface area (Å²) in [6, 6.07) is 18.7. The molecule has 0 radical (unpaired) electrons. The van der Waals surface area contributed by atoms with E-state index in [4.69, 9.17) is 4.99 Å². The summed E-state index contributed by atoms with van der Waals surface area (Å²) in [6.45, 7) is 3.35. The highest BCUT2D eigenvalue weighted by molar-refractivity contribution is 6.22. The van der Waals surface area contributed by atoms with E-state index in [0.29, 0.717) is 28.6 Å². The Morgan fingerprint density at radius 2 is 1.88 bits per heavy atom. The smallest absolute Gasteiger partial charge is 0.270 e. The van der Waals surface area contributed by atoms with E-state index >= 15 is 0 Å². The number of rotatable bonds is 8. The number of hydrogen-bond acceptors (Lipinski definition) is 6. The Labute approximate surface area is 238 Å². The first kappa shape index (κ1) is 26.7. The van der Waals surface area contributed by atoms with E-state index in [0.717, 1.165) is 75.1 Å². The van der Waals surface area contributed by atoms with Crippen LogP contribution >= 0.6 is 0 Å². The van der Waals surface area contributed by atoms with Crippen molar-refractivity contribution in [3.05, 3.63) is 98.6 Å². The molecule has 9 heteroatoms. The van der Waals surface area contributed by atoms with Crippen LogP contribution in [0.3, 0.4) is 0 Å². The zero-order chi connectivity index (χ0) is 28.3. The third kappa shape index (κ3) is 5.71. The van der Waals surface area contributed by atoms with Crippen molar-refractivity contribution in [2.45, 2.75) is 45.1 Å². The molecule has 0 atom stereocenters. The van der Waals surface area contributed by atoms with Gasteiger partial charge >= 0.3 is 0 Å². The molecule has 1 saturated heterocycles. The van der Waals surface area contributed by atoms with Gasteiger partial charge in [0, 0.05) is 54.7 Å². The second-order valence-corrected chi connectivity index (χ2v) is 10.8. The molecule has 1 aromatic heterocycles. The third-order valence-corrected chi connectivity index (χ3v) is 8.07. The predicted octanol–water partition coefficient (Wildman–Crippen LogP) is 5.54. The van der Waals surface area contributed by atoms with Crippen molar-refractivity contribution in [2.24, 2.45) is 4.99 Å². The van der Waals surface area contributed by atoms with E-state index in [9.17, 15) is 20.0 Å². The first-order chi connectivity index (χ1) is 20.0. The number of aliphatic imine (C=N–C) groups is 1. The highest BCUT2D eigenvalue weighted by Crippen LogP contribution is 2.34. The fraction of sp³-hybridized carbons (Fsp3) is 0.312. The average molecular weight is 552 g/mol. The lowest BCUT2D eigenvalue weighted by Gasteiger charge is -2.26. The number of nitro groups is 1. The zero-order valence-electron chi connectivity index (χ0n) is 22.9. The largest absolute Gasteiger partial charge is 0.494 e. The van der Waals surface area contributed by atoms with Crippen LogP contribution in [-0.2, 0) is 24.2 Å². The second kappa shape index (κ2) is 11.5. The summed E-state index contributed by atoms with van der Waals surface area (Å²) in [4.78, 5) is 33.2. The van der Waals surface area contributed by atoms with Crippen molar-refractivity contribution in [3.8, 4) is 5.88 Å². The maximum Gasteiger partial charge on any atom is 0.270 e. The number of aromatic hydroxyl groups is 1. The predicted molar refractivity (Wildman–Crippen MR) is 159 cm³/mol. The number of H-pyrrole nitrogens is 1. The van der Waals surface area contributed by atoms with Crippen molar-refractivity contribution in [1.29, 1.82) is 0 Å². The van der Waals surface area contributed by atoms with E-state index < -0.39 is 4.92 Å². The molecule has 210 valence electrons. The summed E-state index contributed by atoms with van der Waals surface area (Å²) in [7, 11) is 0. The van der Waals surface area contributed by atoms with E-state index in [1.54, 1.807) is 6.07 Å². The quantitative estimate of drug-likeness (QED) is 0.151. The van der Waals surface area contributed by atoms with E-state index in [1.165, 1.54) is 23.3 Å². The maximum absolute atomic E-state index is 12.1. The van der Waals surface area contributed by atoms with Crippen LogP contribution in [0.4, 0.5) is 11.4 Å². The highest BCUT2D eigenvalue weighted by Gasteiger charge is 2.22. The standard InChI is InChI=1S/C32H33N5O4/c38-29-5-1-2-16-36(29)17-3-4-21-6-8-22(9-7-21)31(34-25-11-10-24-20-33-15-14-23(24)18-25)30-27-19-26(37(40)41)12-13-28(27)35-32(30)39/h6-13,18-19,33,35,39H,1-5,14-17,20H2. The molecule has 1 amide bonds. The molecule has 41 heavy (non-hydrogen) atoms. The molecule has 0 saturated carbocycles. The normalized spacial score (nSPS) is 15.8. The second-order valence-electron chi connectivity index (χ2n) is 10.8. The van der Waals surface area contributed by atoms with Crippen LogP contribution in [0.5, 0.6) is 5.88 Å². The minimum Gasteiger partial charge on any atom is -0.494 e. The Bertz CT molecular complexity index is 1640. The Morgan fingerprint density at radius 1 is 1.02 bits per heavy atom. The minimum absolute atomic E-state index is 0.0547. The molecular formula is C32H33N5O4. The summed E-state index contributed by atoms with van der Waals surface area (Å²) in [6.07, 6.45) is 5.37. The SMILES string of the molecule is O=C1CCCCN1CCCc1ccc(C(=Nc2ccc3c(c2)CCNC3)c2c(O)[nH]c3ccc([N+](=O)[O-])cc23)cc1. The van der Waals surface area contributed by atoms with Gasteiger partial charge in [-0.3, -0.25) is 14.9 Å². The molecule has 2 aliphatic rings. The lowest BCUT2D eigenvalue weighted by Crippen LogP contribution is -2.36. The number of carbonyl (C=O) groups excluding carboxylic acids is 1. The number of aromatic amines is 1. The molecule has 1 fully saturated rings. The van der Waals surface area contributed by atoms with Crippen LogP contribution < -0.4 is 5.32 Å². The molecule has 6 rings (SSSR count). The van der Waals surface area contributed by atoms with Crippen molar-refractivity contribution in [2.75, 3.05) is 19.6 Å². The Hall–Kier alpha value is -4.50. The summed E-state index contributed by atoms with van der Waals surface area (Å²) in [5, 5.41) is 26.5. The van der Waals surface area contributed by atoms with Crippen molar-refractivity contribution < 1.29 is 14.8 Å². The van der Waals surface area contributed by atoms with E-state index in [-0.39, 0.29) is 17.5 Å². The third-order valence-electron chi connectivity index (χ3n) is 8.07. The monoisotopic (exact) mass is 551 g/mol. The Morgan fingerprint density at radius 3 is 2.68 bits per heavy atom. The summed E-state index contributed by atoms with van der Waals surface area (Å²) in [5.74, 6) is 0.168. The van der Waals surface area contributed by atoms with Crippen LogP contribution in [0.1, 0.15) is 53.5 Å². The number of fused-ring (bicyclic) bond motifs is 2. The number of hydrogen-bond donors (Lipinski definition) is 3. The molecule has 9 nitrogen and oxygen atoms in total. The summed E-state index contributed by atoms with van der Waals surface area (Å²) >= 11 is 0. The number of amides is 1. The van der Waals surface area contributed by atoms with Crippen LogP contribution in [0, 0.1) is 10.1 Å². The van der Waals surface area contributed by atoms with Gasteiger partial charge in [-0.15, -0.1) is 0 Å². The number of nitrogens with one attached hydrogen (secondary N) is 2. The van der Waals surface area contributed by atoms with Gasteiger partial charge in [-0.2, -0.15) is 0 Å². The number of aryl methyl sites for hydroxylation is 1. The molecule has 3 N–H and O–H groups in total. The van der Waals surface area contributed by atoms with Crippen molar-refractivity contribution in [1.82, 2.24) is 15.2 Å². The molecule has 2 aliphatic heterocycles. The molecule has 3 aromatic carbocycles. The van der Waals surface area contributed by atoms with Gasteiger partial charge in [0.15, 0.2) is 5.88 Å². The number of carbonyl (C=O) groups is 1. The van der Waals surface area contributed by atoms with Gasteiger partial charge < -0.3 is 20.3 Å². The number of nitro benzene ring substituents is 1. The first-order valence-electron chi connectivity index (χ1n) is 14.2. The number of piperidine rings is 1. The van der Waals surface area contributed by atoms with Crippen LogP contribution in [0.2, 0.25) is 0 Å². The molecule has 0 unspecified atom stereocenters. The molecule has 0 aliphatic carbocycles. The average Bonchev–Trinajstić information content (AvgIpc) is 3.32. The van der Waals surface area contributed by atoms with Crippen LogP contribution in [-0.4, -0.2) is 51.2 Å². The molecule has 0 bridgehead atoms. The number of likely N-dealkylation sites (tertiary alicyclic amines) is 1. The van der Waals surface area contributed by atoms with Crippen molar-refractivity contribution in [3.63, 3.8) is 0 Å². The van der Waals surface area contributed by atoms with Gasteiger partial charge in [-0.25, -0.2) is 4.99 Å². The van der Waals surface area contributed by atoms with Crippen LogP contribution in [0.15, 0.2) is 65.7 Å². The van der Waals surface area contributed by atoms with Gasteiger partial charge in [-0.1, -0.05) is 30.3 Å².